The fourth-order valence-electron chi connectivity index (χ4n) is 6.27. The summed E-state index contributed by atoms with van der Waals surface area (Å²) in [4.78, 5) is 15.1. The van der Waals surface area contributed by atoms with Crippen LogP contribution < -0.4 is 0 Å². The third-order valence-corrected chi connectivity index (χ3v) is 9.54. The van der Waals surface area contributed by atoms with E-state index in [0.29, 0.717) is 17.6 Å². The van der Waals surface area contributed by atoms with E-state index in [2.05, 4.69) is 89.5 Å². The maximum Gasteiger partial charge on any atom is 0.238 e. The molecule has 0 spiro atoms. The van der Waals surface area contributed by atoms with Crippen molar-refractivity contribution < 1.29 is 0 Å². The molecule has 0 fully saturated rings. The first-order valence-electron chi connectivity index (χ1n) is 14.6. The Hall–Kier alpha value is -5.65. The summed E-state index contributed by atoms with van der Waals surface area (Å²) in [5.41, 5.74) is 6.55. The van der Waals surface area contributed by atoms with Crippen molar-refractivity contribution in [2.45, 2.75) is 0 Å². The monoisotopic (exact) mass is 580 g/mol. The van der Waals surface area contributed by atoms with E-state index in [9.17, 15) is 0 Å². The largest absolute Gasteiger partial charge is 0.278 e. The van der Waals surface area contributed by atoms with E-state index < -0.39 is 0 Å². The van der Waals surface area contributed by atoms with Gasteiger partial charge >= 0.3 is 0 Å². The molecule has 44 heavy (non-hydrogen) atoms. The quantitative estimate of drug-likeness (QED) is 0.208. The van der Waals surface area contributed by atoms with Gasteiger partial charge in [-0.25, -0.2) is 4.98 Å². The molecule has 9 rings (SSSR count). The van der Waals surface area contributed by atoms with Crippen LogP contribution in [0.5, 0.6) is 0 Å². The smallest absolute Gasteiger partial charge is 0.238 e. The first-order valence-corrected chi connectivity index (χ1v) is 15.5. The lowest BCUT2D eigenvalue weighted by molar-refractivity contribution is 0.953. The van der Waals surface area contributed by atoms with Gasteiger partial charge in [-0.1, -0.05) is 133 Å². The molecule has 5 heteroatoms. The minimum absolute atomic E-state index is 0.606. The molecule has 0 radical (unpaired) electrons. The van der Waals surface area contributed by atoms with Crippen LogP contribution in [0.3, 0.4) is 0 Å². The minimum Gasteiger partial charge on any atom is -0.278 e. The van der Waals surface area contributed by atoms with Crippen LogP contribution in [-0.4, -0.2) is 19.5 Å². The molecule has 6 aromatic carbocycles. The highest BCUT2D eigenvalue weighted by Crippen LogP contribution is 2.45. The number of fused-ring (bicyclic) bond motifs is 7. The second kappa shape index (κ2) is 9.97. The van der Waals surface area contributed by atoms with Gasteiger partial charge < -0.3 is 0 Å². The van der Waals surface area contributed by atoms with E-state index in [-0.39, 0.29) is 0 Å². The summed E-state index contributed by atoms with van der Waals surface area (Å²) >= 11 is 1.87. The topological polar surface area (TPSA) is 43.6 Å². The second-order valence-electron chi connectivity index (χ2n) is 10.9. The summed E-state index contributed by atoms with van der Waals surface area (Å²) in [6, 6.07) is 50.7. The summed E-state index contributed by atoms with van der Waals surface area (Å²) in [5, 5.41) is 4.96. The molecule has 3 aromatic heterocycles. The van der Waals surface area contributed by atoms with Crippen molar-refractivity contribution in [2.75, 3.05) is 0 Å². The lowest BCUT2D eigenvalue weighted by Gasteiger charge is -2.10. The Labute approximate surface area is 257 Å². The highest BCUT2D eigenvalue weighted by atomic mass is 32.1. The van der Waals surface area contributed by atoms with Gasteiger partial charge in [-0.15, -0.1) is 11.3 Å². The first-order chi connectivity index (χ1) is 21.8. The summed E-state index contributed by atoms with van der Waals surface area (Å²) in [6.07, 6.45) is 0. The highest BCUT2D eigenvalue weighted by molar-refractivity contribution is 7.27. The third-order valence-electron chi connectivity index (χ3n) is 8.27. The van der Waals surface area contributed by atoms with Gasteiger partial charge in [-0.05, 0) is 23.3 Å². The molecule has 206 valence electrons. The van der Waals surface area contributed by atoms with Crippen LogP contribution >= 0.6 is 11.3 Å². The number of nitrogens with zero attached hydrogens (tertiary/aromatic N) is 4. The molecule has 0 atom stereocenters. The number of rotatable bonds is 4. The molecule has 4 nitrogen and oxygen atoms in total. The van der Waals surface area contributed by atoms with Crippen LogP contribution in [0.4, 0.5) is 0 Å². The van der Waals surface area contributed by atoms with Crippen molar-refractivity contribution in [3.63, 3.8) is 0 Å². The number of aromatic nitrogens is 4. The van der Waals surface area contributed by atoms with Gasteiger partial charge in [-0.2, -0.15) is 9.97 Å². The predicted molar refractivity (Wildman–Crippen MR) is 183 cm³/mol. The maximum absolute atomic E-state index is 5.09. The standard InChI is InChI=1S/C39H24N4S/c1-4-13-25(14-5-1)28-20-12-21-29-30-23-24-33-34(36(30)44-35(28)29)31-19-10-11-22-32(31)43(33)39-41-37(26-15-6-2-7-16-26)40-38(42-39)27-17-8-3-9-18-27/h1-24H. The Morgan fingerprint density at radius 1 is 0.409 bits per heavy atom. The predicted octanol–water partition coefficient (Wildman–Crippen LogP) is 10.3. The molecule has 0 bridgehead atoms. The molecule has 9 aromatic rings. The fourth-order valence-corrected chi connectivity index (χ4v) is 7.66. The van der Waals surface area contributed by atoms with Crippen LogP contribution in [0.2, 0.25) is 0 Å². The zero-order valence-electron chi connectivity index (χ0n) is 23.6. The highest BCUT2D eigenvalue weighted by Gasteiger charge is 2.21. The van der Waals surface area contributed by atoms with Crippen molar-refractivity contribution in [2.24, 2.45) is 0 Å². The average molecular weight is 581 g/mol. The van der Waals surface area contributed by atoms with E-state index in [1.807, 2.05) is 72.0 Å². The first kappa shape index (κ1) is 24.9. The van der Waals surface area contributed by atoms with Crippen molar-refractivity contribution in [3.8, 4) is 39.9 Å². The van der Waals surface area contributed by atoms with Gasteiger partial charge in [0.2, 0.25) is 5.95 Å². The Bertz CT molecular complexity index is 2420. The van der Waals surface area contributed by atoms with E-state index in [1.165, 1.54) is 42.1 Å². The molecule has 0 aliphatic heterocycles. The molecular formula is C39H24N4S. The van der Waals surface area contributed by atoms with Crippen molar-refractivity contribution in [3.05, 3.63) is 146 Å². The molecule has 3 heterocycles. The van der Waals surface area contributed by atoms with Gasteiger partial charge in [0.1, 0.15) is 0 Å². The van der Waals surface area contributed by atoms with Crippen LogP contribution in [0.25, 0.3) is 81.8 Å². The number of hydrogen-bond donors (Lipinski definition) is 0. The molecule has 0 saturated heterocycles. The molecule has 0 unspecified atom stereocenters. The number of thiophene rings is 1. The molecule has 0 amide bonds. The molecular weight excluding hydrogens is 557 g/mol. The zero-order valence-corrected chi connectivity index (χ0v) is 24.4. The minimum atomic E-state index is 0.606. The van der Waals surface area contributed by atoms with Crippen molar-refractivity contribution in [1.29, 1.82) is 0 Å². The Morgan fingerprint density at radius 3 is 1.66 bits per heavy atom. The maximum atomic E-state index is 5.09. The van der Waals surface area contributed by atoms with Gasteiger partial charge in [0, 0.05) is 42.1 Å². The second-order valence-corrected chi connectivity index (χ2v) is 11.9. The van der Waals surface area contributed by atoms with Crippen LogP contribution in [0.15, 0.2) is 146 Å². The van der Waals surface area contributed by atoms with E-state index in [0.717, 1.165) is 22.2 Å². The van der Waals surface area contributed by atoms with Crippen LogP contribution in [0.1, 0.15) is 0 Å². The lowest BCUT2D eigenvalue weighted by Crippen LogP contribution is -2.06. The van der Waals surface area contributed by atoms with Crippen molar-refractivity contribution in [1.82, 2.24) is 19.5 Å². The van der Waals surface area contributed by atoms with E-state index in [1.54, 1.807) is 0 Å². The normalized spacial score (nSPS) is 11.6. The summed E-state index contributed by atoms with van der Waals surface area (Å²) in [7, 11) is 0. The molecule has 0 aliphatic rings. The van der Waals surface area contributed by atoms with E-state index in [4.69, 9.17) is 15.0 Å². The van der Waals surface area contributed by atoms with Crippen LogP contribution in [0, 0.1) is 0 Å². The van der Waals surface area contributed by atoms with Gasteiger partial charge in [0.15, 0.2) is 11.6 Å². The number of para-hydroxylation sites is 1. The summed E-state index contributed by atoms with van der Waals surface area (Å²) < 4.78 is 4.78. The Balaban J connectivity index is 1.37. The lowest BCUT2D eigenvalue weighted by atomic mass is 10.0. The van der Waals surface area contributed by atoms with Gasteiger partial charge in [0.05, 0.1) is 11.0 Å². The third kappa shape index (κ3) is 3.87. The fraction of sp³-hybridized carbons (Fsp3) is 0. The summed E-state index contributed by atoms with van der Waals surface area (Å²) in [5.74, 6) is 1.90. The average Bonchev–Trinajstić information content (AvgIpc) is 3.65. The Morgan fingerprint density at radius 2 is 0.977 bits per heavy atom. The number of hydrogen-bond acceptors (Lipinski definition) is 4. The van der Waals surface area contributed by atoms with Gasteiger partial charge in [0.25, 0.3) is 0 Å². The molecule has 0 N–H and O–H groups in total. The number of benzene rings is 6. The molecule has 0 saturated carbocycles. The van der Waals surface area contributed by atoms with Crippen molar-refractivity contribution >= 4 is 53.3 Å². The summed E-state index contributed by atoms with van der Waals surface area (Å²) in [6.45, 7) is 0. The SMILES string of the molecule is c1ccc(-c2nc(-c3ccccc3)nc(-n3c4ccccc4c4c5sc6c(-c7ccccc7)cccc6c5ccc43)n2)cc1. The van der Waals surface area contributed by atoms with E-state index >= 15 is 0 Å². The zero-order chi connectivity index (χ0) is 29.0. The van der Waals surface area contributed by atoms with Gasteiger partial charge in [-0.3, -0.25) is 4.57 Å². The van der Waals surface area contributed by atoms with Crippen LogP contribution in [-0.2, 0) is 0 Å². The molecule has 0 aliphatic carbocycles. The Kier molecular flexibility index (Phi) is 5.64.